The van der Waals surface area contributed by atoms with Crippen molar-refractivity contribution in [3.05, 3.63) is 33.8 Å². The highest BCUT2D eigenvalue weighted by Gasteiger charge is 2.18. The number of hydrogen-bond acceptors (Lipinski definition) is 2. The average molecular weight is 258 g/mol. The Morgan fingerprint density at radius 3 is 2.64 bits per heavy atom. The van der Waals surface area contributed by atoms with E-state index in [2.05, 4.69) is 22.0 Å². The van der Waals surface area contributed by atoms with E-state index in [-0.39, 0.29) is 6.61 Å². The van der Waals surface area contributed by atoms with Crippen LogP contribution < -0.4 is 5.73 Å². The summed E-state index contributed by atoms with van der Waals surface area (Å²) in [7, 11) is 0. The molecule has 78 valence electrons. The summed E-state index contributed by atoms with van der Waals surface area (Å²) in [4.78, 5) is 0. The number of nitrogens with two attached hydrogens (primary N) is 1. The fourth-order valence-corrected chi connectivity index (χ4v) is 1.82. The highest BCUT2D eigenvalue weighted by atomic mass is 79.9. The summed E-state index contributed by atoms with van der Waals surface area (Å²) >= 11 is 3.41. The van der Waals surface area contributed by atoms with E-state index >= 15 is 0 Å². The number of aliphatic hydroxyl groups is 1. The maximum atomic E-state index is 9.07. The first kappa shape index (κ1) is 11.7. The third kappa shape index (κ3) is 3.08. The van der Waals surface area contributed by atoms with Crippen LogP contribution in [0.5, 0.6) is 0 Å². The van der Waals surface area contributed by atoms with Crippen molar-refractivity contribution in [2.75, 3.05) is 6.61 Å². The van der Waals surface area contributed by atoms with Gasteiger partial charge in [0.05, 0.1) is 6.61 Å². The molecule has 0 aromatic heterocycles. The van der Waals surface area contributed by atoms with Gasteiger partial charge in [-0.05, 0) is 43.5 Å². The van der Waals surface area contributed by atoms with Gasteiger partial charge in [0.2, 0.25) is 0 Å². The van der Waals surface area contributed by atoms with Gasteiger partial charge in [-0.2, -0.15) is 0 Å². The average Bonchev–Trinajstić information content (AvgIpc) is 2.10. The molecular formula is C11H16BrNO. The number of rotatable bonds is 3. The number of benzene rings is 1. The Morgan fingerprint density at radius 2 is 2.14 bits per heavy atom. The third-order valence-corrected chi connectivity index (χ3v) is 2.75. The monoisotopic (exact) mass is 257 g/mol. The highest BCUT2D eigenvalue weighted by molar-refractivity contribution is 9.10. The van der Waals surface area contributed by atoms with E-state index in [0.717, 1.165) is 4.47 Å². The third-order valence-electron chi connectivity index (χ3n) is 2.26. The van der Waals surface area contributed by atoms with Gasteiger partial charge in [0.25, 0.3) is 0 Å². The molecule has 0 fully saturated rings. The fraction of sp³-hybridized carbons (Fsp3) is 0.455. The first-order chi connectivity index (χ1) is 6.44. The largest absolute Gasteiger partial charge is 0.394 e. The molecular weight excluding hydrogens is 242 g/mol. The molecule has 0 bridgehead atoms. The van der Waals surface area contributed by atoms with E-state index in [1.165, 1.54) is 11.1 Å². The zero-order chi connectivity index (χ0) is 10.8. The molecule has 1 aromatic carbocycles. The van der Waals surface area contributed by atoms with Crippen LogP contribution in [0.1, 0.15) is 18.1 Å². The van der Waals surface area contributed by atoms with E-state index in [1.807, 2.05) is 26.0 Å². The molecule has 0 radical (unpaired) electrons. The van der Waals surface area contributed by atoms with Gasteiger partial charge < -0.3 is 10.8 Å². The van der Waals surface area contributed by atoms with Crippen LogP contribution in [0.2, 0.25) is 0 Å². The maximum Gasteiger partial charge on any atom is 0.0611 e. The lowest BCUT2D eigenvalue weighted by molar-refractivity contribution is 0.208. The molecule has 1 atom stereocenters. The quantitative estimate of drug-likeness (QED) is 0.871. The maximum absolute atomic E-state index is 9.07. The SMILES string of the molecule is Cc1cc(Br)ccc1CC(C)(N)CO. The van der Waals surface area contributed by atoms with E-state index in [1.54, 1.807) is 0 Å². The van der Waals surface area contributed by atoms with Gasteiger partial charge >= 0.3 is 0 Å². The smallest absolute Gasteiger partial charge is 0.0611 e. The number of aryl methyl sites for hydroxylation is 1. The second kappa shape index (κ2) is 4.43. The molecule has 1 unspecified atom stereocenters. The molecule has 0 amide bonds. The molecule has 1 rings (SSSR count). The zero-order valence-corrected chi connectivity index (χ0v) is 10.1. The molecule has 0 aliphatic rings. The van der Waals surface area contributed by atoms with Crippen molar-refractivity contribution >= 4 is 15.9 Å². The summed E-state index contributed by atoms with van der Waals surface area (Å²) in [6, 6.07) is 6.10. The Balaban J connectivity index is 2.87. The minimum absolute atomic E-state index is 0.00248. The Kier molecular flexibility index (Phi) is 3.70. The van der Waals surface area contributed by atoms with Crippen molar-refractivity contribution in [1.29, 1.82) is 0 Å². The zero-order valence-electron chi connectivity index (χ0n) is 8.55. The van der Waals surface area contributed by atoms with Crippen LogP contribution in [0.25, 0.3) is 0 Å². The summed E-state index contributed by atoms with van der Waals surface area (Å²) in [5, 5.41) is 9.07. The minimum atomic E-state index is -0.529. The lowest BCUT2D eigenvalue weighted by Crippen LogP contribution is -2.42. The topological polar surface area (TPSA) is 46.2 Å². The molecule has 0 aliphatic carbocycles. The van der Waals surface area contributed by atoms with E-state index in [9.17, 15) is 0 Å². The number of hydrogen-bond donors (Lipinski definition) is 2. The van der Waals surface area contributed by atoms with E-state index < -0.39 is 5.54 Å². The summed E-state index contributed by atoms with van der Waals surface area (Å²) < 4.78 is 1.07. The normalized spacial score (nSPS) is 15.2. The highest BCUT2D eigenvalue weighted by Crippen LogP contribution is 2.19. The molecule has 0 spiro atoms. The van der Waals surface area contributed by atoms with Crippen molar-refractivity contribution in [2.45, 2.75) is 25.8 Å². The van der Waals surface area contributed by atoms with Crippen LogP contribution in [0.3, 0.4) is 0 Å². The Morgan fingerprint density at radius 1 is 1.50 bits per heavy atom. The van der Waals surface area contributed by atoms with Gasteiger partial charge in [-0.1, -0.05) is 22.0 Å². The lowest BCUT2D eigenvalue weighted by atomic mass is 9.92. The molecule has 3 heteroatoms. The van der Waals surface area contributed by atoms with Crippen molar-refractivity contribution in [1.82, 2.24) is 0 Å². The van der Waals surface area contributed by atoms with E-state index in [0.29, 0.717) is 6.42 Å². The molecule has 3 N–H and O–H groups in total. The molecule has 0 saturated carbocycles. The molecule has 2 nitrogen and oxygen atoms in total. The van der Waals surface area contributed by atoms with Gasteiger partial charge in [-0.3, -0.25) is 0 Å². The molecule has 14 heavy (non-hydrogen) atoms. The number of halogens is 1. The van der Waals surface area contributed by atoms with Crippen LogP contribution in [-0.4, -0.2) is 17.3 Å². The van der Waals surface area contributed by atoms with Gasteiger partial charge in [-0.25, -0.2) is 0 Å². The lowest BCUT2D eigenvalue weighted by Gasteiger charge is -2.22. The minimum Gasteiger partial charge on any atom is -0.394 e. The molecule has 0 heterocycles. The first-order valence-corrected chi connectivity index (χ1v) is 5.39. The second-order valence-electron chi connectivity index (χ2n) is 4.06. The summed E-state index contributed by atoms with van der Waals surface area (Å²) in [5.41, 5.74) is 7.75. The standard InChI is InChI=1S/C11H16BrNO/c1-8-5-10(12)4-3-9(8)6-11(2,13)7-14/h3-5,14H,6-7,13H2,1-2H3. The van der Waals surface area contributed by atoms with Crippen LogP contribution in [0.15, 0.2) is 22.7 Å². The summed E-state index contributed by atoms with van der Waals surface area (Å²) in [6.45, 7) is 3.91. The van der Waals surface area contributed by atoms with Gasteiger partial charge in [0.15, 0.2) is 0 Å². The van der Waals surface area contributed by atoms with Gasteiger partial charge in [0.1, 0.15) is 0 Å². The van der Waals surface area contributed by atoms with Gasteiger partial charge in [0, 0.05) is 10.0 Å². The fourth-order valence-electron chi connectivity index (χ4n) is 1.35. The molecule has 1 aromatic rings. The second-order valence-corrected chi connectivity index (χ2v) is 4.98. The van der Waals surface area contributed by atoms with Crippen molar-refractivity contribution in [2.24, 2.45) is 5.73 Å². The first-order valence-electron chi connectivity index (χ1n) is 4.59. The van der Waals surface area contributed by atoms with Gasteiger partial charge in [-0.15, -0.1) is 0 Å². The van der Waals surface area contributed by atoms with Crippen molar-refractivity contribution in [3.8, 4) is 0 Å². The Labute approximate surface area is 93.3 Å². The molecule has 0 saturated heterocycles. The predicted octanol–water partition coefficient (Wildman–Crippen LogP) is 2.01. The predicted molar refractivity (Wildman–Crippen MR) is 62.3 cm³/mol. The van der Waals surface area contributed by atoms with Crippen LogP contribution in [-0.2, 0) is 6.42 Å². The van der Waals surface area contributed by atoms with Crippen molar-refractivity contribution < 1.29 is 5.11 Å². The Bertz CT molecular complexity index is 323. The summed E-state index contributed by atoms with van der Waals surface area (Å²) in [5.74, 6) is 0. The van der Waals surface area contributed by atoms with Crippen LogP contribution in [0, 0.1) is 6.92 Å². The van der Waals surface area contributed by atoms with Crippen LogP contribution in [0.4, 0.5) is 0 Å². The number of aliphatic hydroxyl groups excluding tert-OH is 1. The van der Waals surface area contributed by atoms with E-state index in [4.69, 9.17) is 10.8 Å². The Hall–Kier alpha value is -0.380. The van der Waals surface area contributed by atoms with Crippen molar-refractivity contribution in [3.63, 3.8) is 0 Å². The molecule has 0 aliphatic heterocycles. The van der Waals surface area contributed by atoms with Crippen LogP contribution >= 0.6 is 15.9 Å². The summed E-state index contributed by atoms with van der Waals surface area (Å²) in [6.07, 6.45) is 0.697.